The van der Waals surface area contributed by atoms with Crippen LogP contribution in [0.4, 0.5) is 0 Å². The highest BCUT2D eigenvalue weighted by atomic mass is 31.2. The molecule has 8 nitrogen and oxygen atoms in total. The van der Waals surface area contributed by atoms with Gasteiger partial charge in [-0.3, -0.25) is 4.79 Å². The topological polar surface area (TPSA) is 99.8 Å². The first-order chi connectivity index (χ1) is 13.3. The van der Waals surface area contributed by atoms with Gasteiger partial charge in [0.2, 0.25) is 0 Å². The summed E-state index contributed by atoms with van der Waals surface area (Å²) in [6, 6.07) is 13.9. The molecule has 3 aromatic rings. The molecule has 2 aromatic carbocycles. The lowest BCUT2D eigenvalue weighted by atomic mass is 10.3. The molecule has 1 aromatic heterocycles. The van der Waals surface area contributed by atoms with Crippen molar-refractivity contribution < 1.29 is 23.0 Å². The SMILES string of the molecule is CC(C)OC(=O)[C@H](C)NP(=O)(Oc1ccccc1)n1c(=O)oc2ccccc21. The molecule has 0 aliphatic rings. The van der Waals surface area contributed by atoms with Crippen LogP contribution >= 0.6 is 7.67 Å². The fraction of sp³-hybridized carbons (Fsp3) is 0.263. The molecule has 9 heteroatoms. The van der Waals surface area contributed by atoms with E-state index < -0.39 is 25.4 Å². The summed E-state index contributed by atoms with van der Waals surface area (Å²) in [4.78, 5) is 24.7. The van der Waals surface area contributed by atoms with E-state index in [0.717, 1.165) is 4.34 Å². The lowest BCUT2D eigenvalue weighted by Crippen LogP contribution is -2.38. The van der Waals surface area contributed by atoms with Crippen LogP contribution in [0.5, 0.6) is 5.75 Å². The van der Waals surface area contributed by atoms with Crippen LogP contribution in [0.3, 0.4) is 0 Å². The maximum absolute atomic E-state index is 13.8. The minimum absolute atomic E-state index is 0.253. The zero-order valence-electron chi connectivity index (χ0n) is 15.7. The van der Waals surface area contributed by atoms with Gasteiger partial charge in [-0.2, -0.15) is 4.34 Å². The van der Waals surface area contributed by atoms with Crippen LogP contribution in [0.15, 0.2) is 63.8 Å². The Morgan fingerprint density at radius 2 is 1.71 bits per heavy atom. The van der Waals surface area contributed by atoms with Crippen molar-refractivity contribution in [2.75, 3.05) is 0 Å². The number of carbonyl (C=O) groups excluding carboxylic acids is 1. The van der Waals surface area contributed by atoms with Crippen molar-refractivity contribution in [3.63, 3.8) is 0 Å². The number of hydrogen-bond donors (Lipinski definition) is 1. The van der Waals surface area contributed by atoms with E-state index in [4.69, 9.17) is 13.7 Å². The molecule has 0 amide bonds. The number of nitrogens with one attached hydrogen (secondary N) is 1. The first-order valence-electron chi connectivity index (χ1n) is 8.74. The van der Waals surface area contributed by atoms with Crippen LogP contribution in [0.1, 0.15) is 20.8 Å². The van der Waals surface area contributed by atoms with Crippen molar-refractivity contribution in [1.82, 2.24) is 9.42 Å². The maximum Gasteiger partial charge on any atom is 0.430 e. The average Bonchev–Trinajstić information content (AvgIpc) is 2.98. The van der Waals surface area contributed by atoms with Gasteiger partial charge in [-0.05, 0) is 45.0 Å². The number of rotatable bonds is 7. The minimum Gasteiger partial charge on any atom is -0.462 e. The number of aromatic nitrogens is 1. The molecule has 0 saturated carbocycles. The highest BCUT2D eigenvalue weighted by molar-refractivity contribution is 7.55. The van der Waals surface area contributed by atoms with E-state index in [0.29, 0.717) is 0 Å². The van der Waals surface area contributed by atoms with Crippen molar-refractivity contribution in [3.05, 3.63) is 65.1 Å². The third kappa shape index (κ3) is 4.18. The number of oxazole rings is 1. The summed E-state index contributed by atoms with van der Waals surface area (Å²) >= 11 is 0. The molecule has 1 heterocycles. The molecule has 1 N–H and O–H groups in total. The predicted molar refractivity (Wildman–Crippen MR) is 104 cm³/mol. The molecule has 0 bridgehead atoms. The highest BCUT2D eigenvalue weighted by Gasteiger charge is 2.36. The first-order valence-corrected chi connectivity index (χ1v) is 10.3. The number of nitrogens with zero attached hydrogens (tertiary/aromatic N) is 1. The third-order valence-corrected chi connectivity index (χ3v) is 5.84. The van der Waals surface area contributed by atoms with Gasteiger partial charge in [0.1, 0.15) is 17.3 Å². The van der Waals surface area contributed by atoms with Crippen LogP contribution in [-0.2, 0) is 14.1 Å². The number of ether oxygens (including phenoxy) is 1. The largest absolute Gasteiger partial charge is 0.462 e. The van der Waals surface area contributed by atoms with Gasteiger partial charge in [0.05, 0.1) is 6.10 Å². The molecule has 0 spiro atoms. The molecule has 3 rings (SSSR count). The molecule has 28 heavy (non-hydrogen) atoms. The average molecular weight is 404 g/mol. The van der Waals surface area contributed by atoms with E-state index in [9.17, 15) is 14.2 Å². The molecule has 0 fully saturated rings. The van der Waals surface area contributed by atoms with Gasteiger partial charge in [0.25, 0.3) is 0 Å². The van der Waals surface area contributed by atoms with E-state index in [2.05, 4.69) is 5.09 Å². The van der Waals surface area contributed by atoms with Gasteiger partial charge >= 0.3 is 19.4 Å². The van der Waals surface area contributed by atoms with Gasteiger partial charge in [0, 0.05) is 0 Å². The van der Waals surface area contributed by atoms with Crippen molar-refractivity contribution in [2.24, 2.45) is 0 Å². The van der Waals surface area contributed by atoms with Gasteiger partial charge < -0.3 is 13.7 Å². The van der Waals surface area contributed by atoms with Crippen molar-refractivity contribution >= 4 is 24.7 Å². The van der Waals surface area contributed by atoms with Crippen molar-refractivity contribution in [3.8, 4) is 5.75 Å². The molecular weight excluding hydrogens is 383 g/mol. The Balaban J connectivity index is 2.06. The normalized spacial score (nSPS) is 14.6. The van der Waals surface area contributed by atoms with Crippen molar-refractivity contribution in [1.29, 1.82) is 0 Å². The molecule has 0 aliphatic carbocycles. The predicted octanol–water partition coefficient (Wildman–Crippen LogP) is 3.56. The second-order valence-corrected chi connectivity index (χ2v) is 8.29. The summed E-state index contributed by atoms with van der Waals surface area (Å²) in [7, 11) is -4.12. The number of carbonyl (C=O) groups is 1. The third-order valence-electron chi connectivity index (χ3n) is 3.76. The van der Waals surface area contributed by atoms with Gasteiger partial charge in [-0.1, -0.05) is 30.3 Å². The van der Waals surface area contributed by atoms with E-state index >= 15 is 0 Å². The van der Waals surface area contributed by atoms with Crippen LogP contribution in [-0.4, -0.2) is 22.5 Å². The number of hydrogen-bond acceptors (Lipinski definition) is 6. The monoisotopic (exact) mass is 404 g/mol. The Kier molecular flexibility index (Phi) is 5.72. The van der Waals surface area contributed by atoms with Crippen LogP contribution in [0.25, 0.3) is 11.1 Å². The second kappa shape index (κ2) is 8.04. The van der Waals surface area contributed by atoms with Gasteiger partial charge in [-0.15, -0.1) is 0 Å². The van der Waals surface area contributed by atoms with Crippen LogP contribution in [0.2, 0.25) is 0 Å². The lowest BCUT2D eigenvalue weighted by molar-refractivity contribution is -0.149. The Morgan fingerprint density at radius 1 is 1.07 bits per heavy atom. The summed E-state index contributed by atoms with van der Waals surface area (Å²) in [5.41, 5.74) is 0.535. The number of benzene rings is 2. The fourth-order valence-corrected chi connectivity index (χ4v) is 4.54. The first kappa shape index (κ1) is 19.9. The number of esters is 1. The van der Waals surface area contributed by atoms with Crippen LogP contribution < -0.4 is 15.4 Å². The van der Waals surface area contributed by atoms with Gasteiger partial charge in [-0.25, -0.2) is 14.4 Å². The van der Waals surface area contributed by atoms with E-state index in [1.807, 2.05) is 0 Å². The molecule has 1 unspecified atom stereocenters. The van der Waals surface area contributed by atoms with Gasteiger partial charge in [0.15, 0.2) is 5.58 Å². The quantitative estimate of drug-likeness (QED) is 0.475. The van der Waals surface area contributed by atoms with E-state index in [1.165, 1.54) is 6.92 Å². The zero-order chi connectivity index (χ0) is 20.3. The molecule has 0 saturated heterocycles. The standard InChI is InChI=1S/C19H21N2O6P/c1-13(2)25-18(22)14(3)20-28(24,27-15-9-5-4-6-10-15)21-16-11-7-8-12-17(16)26-19(21)23/h4-14H,1-3H3,(H,20,24)/t14-,28?/m0/s1. The Hall–Kier alpha value is -2.83. The van der Waals surface area contributed by atoms with Crippen molar-refractivity contribution in [2.45, 2.75) is 32.9 Å². The molecule has 148 valence electrons. The summed E-state index contributed by atoms with van der Waals surface area (Å²) < 4.78 is 30.8. The minimum atomic E-state index is -4.12. The second-order valence-electron chi connectivity index (χ2n) is 6.41. The van der Waals surface area contributed by atoms with E-state index in [-0.39, 0.29) is 23.0 Å². The number of fused-ring (bicyclic) bond motifs is 1. The Labute approximate surface area is 161 Å². The smallest absolute Gasteiger partial charge is 0.430 e. The Bertz CT molecular complexity index is 1070. The molecular formula is C19H21N2O6P. The summed E-state index contributed by atoms with van der Waals surface area (Å²) in [5, 5.41) is 2.64. The zero-order valence-corrected chi connectivity index (χ0v) is 16.6. The molecule has 0 aliphatic heterocycles. The summed E-state index contributed by atoms with van der Waals surface area (Å²) in [6.07, 6.45) is -0.344. The van der Waals surface area contributed by atoms with E-state index in [1.54, 1.807) is 68.4 Å². The lowest BCUT2D eigenvalue weighted by Gasteiger charge is -2.23. The Morgan fingerprint density at radius 3 is 2.39 bits per heavy atom. The summed E-state index contributed by atoms with van der Waals surface area (Å²) in [5.74, 6) is -1.22. The van der Waals surface area contributed by atoms with Crippen LogP contribution in [0, 0.1) is 0 Å². The number of para-hydroxylation sites is 3. The molecule has 0 radical (unpaired) electrons. The molecule has 2 atom stereocenters. The highest BCUT2D eigenvalue weighted by Crippen LogP contribution is 2.46. The maximum atomic E-state index is 13.8. The summed E-state index contributed by atoms with van der Waals surface area (Å²) in [6.45, 7) is 4.90. The fourth-order valence-electron chi connectivity index (χ4n) is 2.58.